The summed E-state index contributed by atoms with van der Waals surface area (Å²) in [6.45, 7) is 3.02. The second-order valence-electron chi connectivity index (χ2n) is 6.50. The zero-order valence-corrected chi connectivity index (χ0v) is 12.7. The molecule has 4 rings (SSSR count). The van der Waals surface area contributed by atoms with Crippen molar-refractivity contribution in [2.75, 3.05) is 4.90 Å². The van der Waals surface area contributed by atoms with E-state index in [1.165, 1.54) is 19.3 Å². The van der Waals surface area contributed by atoms with Crippen LogP contribution in [0.4, 0.5) is 5.82 Å². The molecule has 4 nitrogen and oxygen atoms in total. The molecular formula is C18H19N3O. The summed E-state index contributed by atoms with van der Waals surface area (Å²) in [6.07, 6.45) is 5.30. The molecule has 0 spiro atoms. The van der Waals surface area contributed by atoms with Crippen molar-refractivity contribution in [3.8, 4) is 6.07 Å². The van der Waals surface area contributed by atoms with Crippen molar-refractivity contribution in [1.82, 2.24) is 4.98 Å². The highest BCUT2D eigenvalue weighted by molar-refractivity contribution is 5.44. The van der Waals surface area contributed by atoms with Crippen molar-refractivity contribution >= 4 is 5.82 Å². The predicted molar refractivity (Wildman–Crippen MR) is 83.4 cm³/mol. The van der Waals surface area contributed by atoms with Crippen molar-refractivity contribution in [3.63, 3.8) is 0 Å². The first-order valence-corrected chi connectivity index (χ1v) is 7.96. The van der Waals surface area contributed by atoms with Crippen LogP contribution in [0.25, 0.3) is 0 Å². The van der Waals surface area contributed by atoms with Gasteiger partial charge >= 0.3 is 0 Å². The first kappa shape index (κ1) is 13.4. The number of anilines is 1. The molecule has 2 aromatic heterocycles. The molecule has 2 heterocycles. The van der Waals surface area contributed by atoms with Crippen molar-refractivity contribution in [2.24, 2.45) is 5.92 Å². The van der Waals surface area contributed by atoms with Crippen molar-refractivity contribution in [1.29, 1.82) is 5.26 Å². The van der Waals surface area contributed by atoms with Crippen LogP contribution in [0.5, 0.6) is 0 Å². The largest absolute Gasteiger partial charge is 0.464 e. The molecule has 2 aliphatic carbocycles. The molecule has 0 bridgehead atoms. The van der Waals surface area contributed by atoms with E-state index in [4.69, 9.17) is 9.68 Å². The summed E-state index contributed by atoms with van der Waals surface area (Å²) in [5.41, 5.74) is 0.600. The molecule has 2 unspecified atom stereocenters. The van der Waals surface area contributed by atoms with E-state index >= 15 is 0 Å². The van der Waals surface area contributed by atoms with E-state index in [1.807, 2.05) is 12.1 Å². The Hall–Kier alpha value is -2.28. The van der Waals surface area contributed by atoms with Gasteiger partial charge in [-0.2, -0.15) is 5.26 Å². The zero-order valence-electron chi connectivity index (χ0n) is 12.7. The Morgan fingerprint density at radius 2 is 2.14 bits per heavy atom. The van der Waals surface area contributed by atoms with Crippen LogP contribution in [0.2, 0.25) is 0 Å². The van der Waals surface area contributed by atoms with Gasteiger partial charge in [0, 0.05) is 18.2 Å². The number of pyridine rings is 1. The van der Waals surface area contributed by atoms with Crippen molar-refractivity contribution < 1.29 is 4.42 Å². The lowest BCUT2D eigenvalue weighted by Crippen LogP contribution is -2.25. The lowest BCUT2D eigenvalue weighted by molar-refractivity contribution is 0.456. The normalized spacial score (nSPS) is 23.1. The summed E-state index contributed by atoms with van der Waals surface area (Å²) in [6, 6.07) is 10.7. The van der Waals surface area contributed by atoms with Gasteiger partial charge in [0.15, 0.2) is 0 Å². The van der Waals surface area contributed by atoms with Gasteiger partial charge in [0.1, 0.15) is 23.4 Å². The Morgan fingerprint density at radius 3 is 2.73 bits per heavy atom. The van der Waals surface area contributed by atoms with E-state index in [-0.39, 0.29) is 0 Å². The number of aromatic nitrogens is 1. The fourth-order valence-corrected chi connectivity index (χ4v) is 2.97. The molecule has 0 saturated heterocycles. The number of rotatable bonds is 5. The molecule has 2 fully saturated rings. The molecule has 2 aromatic rings. The van der Waals surface area contributed by atoms with E-state index in [0.29, 0.717) is 17.5 Å². The molecule has 0 radical (unpaired) electrons. The van der Waals surface area contributed by atoms with Crippen LogP contribution in [0.3, 0.4) is 0 Å². The van der Waals surface area contributed by atoms with Crippen LogP contribution in [0, 0.1) is 17.2 Å². The molecule has 112 valence electrons. The van der Waals surface area contributed by atoms with Gasteiger partial charge < -0.3 is 9.32 Å². The number of furan rings is 1. The highest BCUT2D eigenvalue weighted by atomic mass is 16.3. The minimum Gasteiger partial charge on any atom is -0.464 e. The van der Waals surface area contributed by atoms with Crippen molar-refractivity contribution in [2.45, 2.75) is 44.7 Å². The topological polar surface area (TPSA) is 53.1 Å². The molecule has 0 aromatic carbocycles. The molecule has 0 N–H and O–H groups in total. The Balaban J connectivity index is 1.52. The average Bonchev–Trinajstić information content (AvgIpc) is 3.46. The summed E-state index contributed by atoms with van der Waals surface area (Å²) in [5, 5.41) is 8.89. The predicted octanol–water partition coefficient (Wildman–Crippen LogP) is 3.84. The smallest absolute Gasteiger partial charge is 0.129 e. The van der Waals surface area contributed by atoms with Gasteiger partial charge in [-0.3, -0.25) is 0 Å². The maximum absolute atomic E-state index is 8.89. The maximum Gasteiger partial charge on any atom is 0.129 e. The SMILES string of the molecule is CC1CC1c1ccc(CN(c2ccc(C#N)cn2)C2CC2)o1. The Morgan fingerprint density at radius 1 is 1.32 bits per heavy atom. The van der Waals surface area contributed by atoms with Gasteiger partial charge in [-0.05, 0) is 49.4 Å². The Bertz CT molecular complexity index is 709. The molecule has 0 amide bonds. The number of hydrogen-bond acceptors (Lipinski definition) is 4. The van der Waals surface area contributed by atoms with E-state index in [1.54, 1.807) is 6.20 Å². The van der Waals surface area contributed by atoms with Gasteiger partial charge in [0.2, 0.25) is 0 Å². The lowest BCUT2D eigenvalue weighted by atomic mass is 10.2. The van der Waals surface area contributed by atoms with Crippen LogP contribution in [0.15, 0.2) is 34.9 Å². The average molecular weight is 293 g/mol. The van der Waals surface area contributed by atoms with Gasteiger partial charge in [0.25, 0.3) is 0 Å². The van der Waals surface area contributed by atoms with Gasteiger partial charge in [-0.15, -0.1) is 0 Å². The third-order valence-electron chi connectivity index (χ3n) is 4.64. The van der Waals surface area contributed by atoms with Crippen LogP contribution in [-0.2, 0) is 6.54 Å². The van der Waals surface area contributed by atoms with Crippen LogP contribution in [0.1, 0.15) is 49.2 Å². The first-order chi connectivity index (χ1) is 10.7. The third-order valence-corrected chi connectivity index (χ3v) is 4.64. The summed E-state index contributed by atoms with van der Waals surface area (Å²) in [4.78, 5) is 6.73. The fourth-order valence-electron chi connectivity index (χ4n) is 2.97. The molecule has 4 heteroatoms. The second-order valence-corrected chi connectivity index (χ2v) is 6.50. The van der Waals surface area contributed by atoms with E-state index in [2.05, 4.69) is 35.0 Å². The molecule has 0 aliphatic heterocycles. The van der Waals surface area contributed by atoms with E-state index < -0.39 is 0 Å². The first-order valence-electron chi connectivity index (χ1n) is 7.96. The van der Waals surface area contributed by atoms with E-state index in [0.717, 1.165) is 29.8 Å². The number of hydrogen-bond donors (Lipinski definition) is 0. The van der Waals surface area contributed by atoms with Crippen LogP contribution >= 0.6 is 0 Å². The van der Waals surface area contributed by atoms with Gasteiger partial charge in [-0.1, -0.05) is 6.92 Å². The maximum atomic E-state index is 8.89. The van der Waals surface area contributed by atoms with E-state index in [9.17, 15) is 0 Å². The molecule has 22 heavy (non-hydrogen) atoms. The highest BCUT2D eigenvalue weighted by Gasteiger charge is 2.37. The summed E-state index contributed by atoms with van der Waals surface area (Å²) >= 11 is 0. The quantitative estimate of drug-likeness (QED) is 0.840. The van der Waals surface area contributed by atoms with Gasteiger partial charge in [0.05, 0.1) is 12.1 Å². The molecule has 2 saturated carbocycles. The fraction of sp³-hybridized carbons (Fsp3) is 0.444. The van der Waals surface area contributed by atoms with Crippen molar-refractivity contribution in [3.05, 3.63) is 47.5 Å². The lowest BCUT2D eigenvalue weighted by Gasteiger charge is -2.22. The summed E-state index contributed by atoms with van der Waals surface area (Å²) in [7, 11) is 0. The molecule has 2 atom stereocenters. The number of nitrogens with zero attached hydrogens (tertiary/aromatic N) is 3. The Labute approximate surface area is 130 Å². The third kappa shape index (κ3) is 2.59. The van der Waals surface area contributed by atoms with Crippen LogP contribution < -0.4 is 4.90 Å². The summed E-state index contributed by atoms with van der Waals surface area (Å²) < 4.78 is 6.03. The second kappa shape index (κ2) is 5.17. The standard InChI is InChI=1S/C18H19N3O/c1-12-8-16(12)17-6-5-15(22-17)11-21(14-3-4-14)18-7-2-13(9-19)10-20-18/h2,5-7,10,12,14,16H,3-4,8,11H2,1H3. The molecule has 2 aliphatic rings. The molecular weight excluding hydrogens is 274 g/mol. The highest BCUT2D eigenvalue weighted by Crippen LogP contribution is 2.47. The van der Waals surface area contributed by atoms with Crippen LogP contribution in [-0.4, -0.2) is 11.0 Å². The number of nitriles is 1. The van der Waals surface area contributed by atoms with Gasteiger partial charge in [-0.25, -0.2) is 4.98 Å². The minimum atomic E-state index is 0.550. The Kier molecular flexibility index (Phi) is 3.15. The summed E-state index contributed by atoms with van der Waals surface area (Å²) in [5.74, 6) is 4.45. The monoisotopic (exact) mass is 293 g/mol. The zero-order chi connectivity index (χ0) is 15.1. The minimum absolute atomic E-state index is 0.550.